The number of nitrogens with zero attached hydrogens (tertiary/aromatic N) is 2. The van der Waals surface area contributed by atoms with Gasteiger partial charge in [0.25, 0.3) is 0 Å². The second kappa shape index (κ2) is 12.6. The van der Waals surface area contributed by atoms with Crippen molar-refractivity contribution in [2.45, 2.75) is 32.7 Å². The SMILES string of the molecule is CCCNC(=O)[C@@H](C)N(CCc1ccccc1)C(=O)CN(c1cc(Cl)c(Cl)cc1Cl)S(C)(=O)=O. The topological polar surface area (TPSA) is 86.8 Å². The number of sulfonamides is 1. The maximum atomic E-state index is 13.4. The Morgan fingerprint density at radius 2 is 1.65 bits per heavy atom. The van der Waals surface area contributed by atoms with Gasteiger partial charge >= 0.3 is 0 Å². The van der Waals surface area contributed by atoms with Crippen molar-refractivity contribution in [1.29, 1.82) is 0 Å². The van der Waals surface area contributed by atoms with E-state index in [1.54, 1.807) is 6.92 Å². The highest BCUT2D eigenvalue weighted by Crippen LogP contribution is 2.35. The van der Waals surface area contributed by atoms with Gasteiger partial charge in [-0.3, -0.25) is 13.9 Å². The number of benzene rings is 2. The number of carbonyl (C=O) groups excluding carboxylic acids is 2. The predicted octanol–water partition coefficient (Wildman–Crippen LogP) is 4.40. The normalized spacial score (nSPS) is 12.2. The number of anilines is 1. The summed E-state index contributed by atoms with van der Waals surface area (Å²) in [6.07, 6.45) is 2.20. The van der Waals surface area contributed by atoms with E-state index in [0.717, 1.165) is 22.5 Å². The van der Waals surface area contributed by atoms with Gasteiger partial charge in [0.05, 0.1) is 27.0 Å². The number of carbonyl (C=O) groups is 2. The van der Waals surface area contributed by atoms with Crippen LogP contribution in [0.4, 0.5) is 5.69 Å². The Labute approximate surface area is 216 Å². The Balaban J connectivity index is 2.36. The highest BCUT2D eigenvalue weighted by molar-refractivity contribution is 7.92. The summed E-state index contributed by atoms with van der Waals surface area (Å²) >= 11 is 18.3. The summed E-state index contributed by atoms with van der Waals surface area (Å²) in [5.41, 5.74) is 1.01. The van der Waals surface area contributed by atoms with E-state index in [4.69, 9.17) is 34.8 Å². The Hall–Kier alpha value is -2.00. The van der Waals surface area contributed by atoms with Crippen LogP contribution in [0.1, 0.15) is 25.8 Å². The Kier molecular flexibility index (Phi) is 10.5. The van der Waals surface area contributed by atoms with Crippen LogP contribution in [0.3, 0.4) is 0 Å². The molecule has 2 rings (SSSR count). The van der Waals surface area contributed by atoms with Gasteiger partial charge in [-0.2, -0.15) is 0 Å². The van der Waals surface area contributed by atoms with Gasteiger partial charge < -0.3 is 10.2 Å². The monoisotopic (exact) mass is 547 g/mol. The van der Waals surface area contributed by atoms with E-state index in [-0.39, 0.29) is 33.2 Å². The fraction of sp³-hybridized carbons (Fsp3) is 0.391. The molecule has 2 amide bonds. The maximum Gasteiger partial charge on any atom is 0.244 e. The van der Waals surface area contributed by atoms with Crippen LogP contribution in [0.5, 0.6) is 0 Å². The van der Waals surface area contributed by atoms with Gasteiger partial charge in [0.15, 0.2) is 0 Å². The predicted molar refractivity (Wildman–Crippen MR) is 138 cm³/mol. The molecule has 0 radical (unpaired) electrons. The molecule has 1 atom stereocenters. The Morgan fingerprint density at radius 3 is 2.24 bits per heavy atom. The number of hydrogen-bond acceptors (Lipinski definition) is 4. The number of hydrogen-bond donors (Lipinski definition) is 1. The lowest BCUT2D eigenvalue weighted by Gasteiger charge is -2.31. The molecule has 0 heterocycles. The lowest BCUT2D eigenvalue weighted by Crippen LogP contribution is -2.52. The van der Waals surface area contributed by atoms with Crippen LogP contribution >= 0.6 is 34.8 Å². The first-order chi connectivity index (χ1) is 16.0. The second-order valence-corrected chi connectivity index (χ2v) is 10.9. The van der Waals surface area contributed by atoms with Crippen molar-refractivity contribution in [2.75, 3.05) is 30.2 Å². The fourth-order valence-electron chi connectivity index (χ4n) is 3.26. The second-order valence-electron chi connectivity index (χ2n) is 7.78. The third-order valence-electron chi connectivity index (χ3n) is 5.14. The molecule has 2 aromatic rings. The molecule has 7 nitrogen and oxygen atoms in total. The van der Waals surface area contributed by atoms with E-state index >= 15 is 0 Å². The number of halogens is 3. The van der Waals surface area contributed by atoms with E-state index in [0.29, 0.717) is 13.0 Å². The first-order valence-corrected chi connectivity index (χ1v) is 13.7. The molecule has 186 valence electrons. The average Bonchev–Trinajstić information content (AvgIpc) is 2.78. The van der Waals surface area contributed by atoms with E-state index in [9.17, 15) is 18.0 Å². The van der Waals surface area contributed by atoms with E-state index in [2.05, 4.69) is 5.32 Å². The fourth-order valence-corrected chi connectivity index (χ4v) is 4.81. The van der Waals surface area contributed by atoms with Crippen LogP contribution in [0.25, 0.3) is 0 Å². The third-order valence-corrected chi connectivity index (χ3v) is 7.29. The Bertz CT molecular complexity index is 1110. The summed E-state index contributed by atoms with van der Waals surface area (Å²) in [5.74, 6) is -0.871. The summed E-state index contributed by atoms with van der Waals surface area (Å²) in [6.45, 7) is 3.67. The van der Waals surface area contributed by atoms with E-state index in [1.807, 2.05) is 37.3 Å². The molecule has 0 aliphatic rings. The zero-order chi connectivity index (χ0) is 25.5. The van der Waals surface area contributed by atoms with Gasteiger partial charge in [-0.1, -0.05) is 72.1 Å². The highest BCUT2D eigenvalue weighted by atomic mass is 35.5. The molecule has 0 aliphatic heterocycles. The summed E-state index contributed by atoms with van der Waals surface area (Å²) in [5, 5.41) is 3.06. The molecule has 0 saturated carbocycles. The largest absolute Gasteiger partial charge is 0.354 e. The van der Waals surface area contributed by atoms with Crippen molar-refractivity contribution in [3.63, 3.8) is 0 Å². The van der Waals surface area contributed by atoms with Gasteiger partial charge in [0.1, 0.15) is 12.6 Å². The van der Waals surface area contributed by atoms with E-state index in [1.165, 1.54) is 17.0 Å². The van der Waals surface area contributed by atoms with Gasteiger partial charge in [-0.05, 0) is 37.5 Å². The van der Waals surface area contributed by atoms with Gasteiger partial charge in [-0.15, -0.1) is 0 Å². The number of amides is 2. The molecule has 11 heteroatoms. The van der Waals surface area contributed by atoms with Crippen molar-refractivity contribution >= 4 is 62.3 Å². The quantitative estimate of drug-likeness (QED) is 0.422. The molecule has 0 saturated heterocycles. The van der Waals surface area contributed by atoms with Gasteiger partial charge in [-0.25, -0.2) is 8.42 Å². The number of nitrogens with one attached hydrogen (secondary N) is 1. The minimum atomic E-state index is -3.93. The first kappa shape index (κ1) is 28.2. The minimum Gasteiger partial charge on any atom is -0.354 e. The third kappa shape index (κ3) is 7.77. The summed E-state index contributed by atoms with van der Waals surface area (Å²) in [6, 6.07) is 11.3. The molecule has 0 bridgehead atoms. The molecule has 34 heavy (non-hydrogen) atoms. The Morgan fingerprint density at radius 1 is 1.03 bits per heavy atom. The molecule has 0 fully saturated rings. The van der Waals surface area contributed by atoms with Gasteiger partial charge in [0, 0.05) is 13.1 Å². The molecule has 0 aliphatic carbocycles. The van der Waals surface area contributed by atoms with Gasteiger partial charge in [0.2, 0.25) is 21.8 Å². The summed E-state index contributed by atoms with van der Waals surface area (Å²) in [7, 11) is -3.93. The summed E-state index contributed by atoms with van der Waals surface area (Å²) in [4.78, 5) is 27.5. The van der Waals surface area contributed by atoms with Crippen molar-refractivity contribution in [3.8, 4) is 0 Å². The maximum absolute atomic E-state index is 13.4. The molecule has 1 N–H and O–H groups in total. The van der Waals surface area contributed by atoms with Crippen LogP contribution in [-0.4, -0.2) is 57.1 Å². The minimum absolute atomic E-state index is 0.0252. The van der Waals surface area contributed by atoms with Crippen molar-refractivity contribution in [2.24, 2.45) is 0 Å². The van der Waals surface area contributed by atoms with Crippen molar-refractivity contribution in [3.05, 3.63) is 63.1 Å². The zero-order valence-electron chi connectivity index (χ0n) is 19.2. The van der Waals surface area contributed by atoms with Crippen LogP contribution in [0.2, 0.25) is 15.1 Å². The molecular weight excluding hydrogens is 521 g/mol. The molecule has 0 spiro atoms. The van der Waals surface area contributed by atoms with Crippen LogP contribution in [0, 0.1) is 0 Å². The molecular formula is C23H28Cl3N3O4S. The first-order valence-electron chi connectivity index (χ1n) is 10.7. The zero-order valence-corrected chi connectivity index (χ0v) is 22.3. The van der Waals surface area contributed by atoms with Crippen molar-refractivity contribution < 1.29 is 18.0 Å². The van der Waals surface area contributed by atoms with E-state index < -0.39 is 28.5 Å². The van der Waals surface area contributed by atoms with Crippen LogP contribution in [-0.2, 0) is 26.0 Å². The summed E-state index contributed by atoms with van der Waals surface area (Å²) < 4.78 is 26.1. The lowest BCUT2D eigenvalue weighted by atomic mass is 10.1. The standard InChI is InChI=1S/C23H28Cl3N3O4S/c1-4-11-27-23(31)16(2)28(12-10-17-8-6-5-7-9-17)22(30)15-29(34(3,32)33)21-14-19(25)18(24)13-20(21)26/h5-9,13-14,16H,4,10-12,15H2,1-3H3,(H,27,31)/t16-/m1/s1. The lowest BCUT2D eigenvalue weighted by molar-refractivity contribution is -0.138. The van der Waals surface area contributed by atoms with Crippen molar-refractivity contribution in [1.82, 2.24) is 10.2 Å². The smallest absolute Gasteiger partial charge is 0.244 e. The van der Waals surface area contributed by atoms with Crippen LogP contribution < -0.4 is 9.62 Å². The molecule has 2 aromatic carbocycles. The molecule has 0 unspecified atom stereocenters. The number of rotatable bonds is 11. The van der Waals surface area contributed by atoms with Crippen LogP contribution in [0.15, 0.2) is 42.5 Å². The highest BCUT2D eigenvalue weighted by Gasteiger charge is 2.30. The molecule has 0 aromatic heterocycles. The average molecular weight is 549 g/mol.